The Bertz CT molecular complexity index is 192. The summed E-state index contributed by atoms with van der Waals surface area (Å²) in [5.74, 6) is 0.662. The van der Waals surface area contributed by atoms with E-state index in [1.807, 2.05) is 20.8 Å². The Morgan fingerprint density at radius 2 is 2.17 bits per heavy atom. The minimum absolute atomic E-state index is 0.234. The molecule has 0 aromatic rings. The van der Waals surface area contributed by atoms with E-state index in [2.05, 4.69) is 5.32 Å². The SMILES string of the molecule is CC(C)(C)[C@@]1(C(=O)O)CSCN1. The van der Waals surface area contributed by atoms with Gasteiger partial charge in [0.05, 0.1) is 0 Å². The lowest BCUT2D eigenvalue weighted by molar-refractivity contribution is -0.147. The topological polar surface area (TPSA) is 49.3 Å². The second-order valence-corrected chi connectivity index (χ2v) is 5.12. The fraction of sp³-hybridized carbons (Fsp3) is 0.875. The first-order valence-corrected chi connectivity index (χ1v) is 5.12. The van der Waals surface area contributed by atoms with Crippen LogP contribution in [0.3, 0.4) is 0 Å². The van der Waals surface area contributed by atoms with Crippen molar-refractivity contribution < 1.29 is 9.90 Å². The zero-order chi connectivity index (χ0) is 9.41. The van der Waals surface area contributed by atoms with Gasteiger partial charge in [-0.2, -0.15) is 0 Å². The predicted molar refractivity (Wildman–Crippen MR) is 50.3 cm³/mol. The highest BCUT2D eigenvalue weighted by atomic mass is 32.2. The maximum Gasteiger partial charge on any atom is 0.325 e. The van der Waals surface area contributed by atoms with E-state index in [4.69, 9.17) is 5.11 Å². The van der Waals surface area contributed by atoms with Crippen molar-refractivity contribution >= 4 is 17.7 Å². The Labute approximate surface area is 76.9 Å². The average Bonchev–Trinajstić information content (AvgIpc) is 2.31. The molecular weight excluding hydrogens is 174 g/mol. The van der Waals surface area contributed by atoms with E-state index < -0.39 is 11.5 Å². The van der Waals surface area contributed by atoms with Crippen LogP contribution in [0.1, 0.15) is 20.8 Å². The van der Waals surface area contributed by atoms with Crippen LogP contribution in [-0.4, -0.2) is 28.2 Å². The van der Waals surface area contributed by atoms with Crippen molar-refractivity contribution in [2.24, 2.45) is 5.41 Å². The Morgan fingerprint density at radius 1 is 1.58 bits per heavy atom. The number of hydrogen-bond acceptors (Lipinski definition) is 3. The van der Waals surface area contributed by atoms with Gasteiger partial charge in [0, 0.05) is 11.6 Å². The van der Waals surface area contributed by atoms with Crippen LogP contribution < -0.4 is 5.32 Å². The van der Waals surface area contributed by atoms with Crippen LogP contribution in [0.15, 0.2) is 0 Å². The van der Waals surface area contributed by atoms with E-state index >= 15 is 0 Å². The minimum Gasteiger partial charge on any atom is -0.480 e. The van der Waals surface area contributed by atoms with Crippen molar-refractivity contribution in [3.63, 3.8) is 0 Å². The molecule has 1 fully saturated rings. The average molecular weight is 189 g/mol. The van der Waals surface area contributed by atoms with Crippen LogP contribution in [0.25, 0.3) is 0 Å². The maximum absolute atomic E-state index is 11.1. The van der Waals surface area contributed by atoms with E-state index in [0.29, 0.717) is 5.75 Å². The summed E-state index contributed by atoms with van der Waals surface area (Å²) in [5.41, 5.74) is -0.972. The molecular formula is C8H15NO2S. The molecule has 0 amide bonds. The number of carboxylic acids is 1. The van der Waals surface area contributed by atoms with Crippen LogP contribution in [0.5, 0.6) is 0 Å². The summed E-state index contributed by atoms with van der Waals surface area (Å²) in [7, 11) is 0. The van der Waals surface area contributed by atoms with Crippen molar-refractivity contribution in [1.29, 1.82) is 0 Å². The molecule has 1 atom stereocenters. The smallest absolute Gasteiger partial charge is 0.325 e. The number of aliphatic carboxylic acids is 1. The van der Waals surface area contributed by atoms with Crippen molar-refractivity contribution in [3.05, 3.63) is 0 Å². The lowest BCUT2D eigenvalue weighted by Gasteiger charge is -2.37. The number of nitrogens with one attached hydrogen (secondary N) is 1. The van der Waals surface area contributed by atoms with Crippen LogP contribution in [0.2, 0.25) is 0 Å². The second-order valence-electron chi connectivity index (χ2n) is 4.13. The van der Waals surface area contributed by atoms with Crippen LogP contribution in [-0.2, 0) is 4.79 Å². The summed E-state index contributed by atoms with van der Waals surface area (Å²) in [6, 6.07) is 0. The highest BCUT2D eigenvalue weighted by Crippen LogP contribution is 2.37. The maximum atomic E-state index is 11.1. The Morgan fingerprint density at radius 3 is 2.33 bits per heavy atom. The van der Waals surface area contributed by atoms with Gasteiger partial charge in [-0.05, 0) is 5.41 Å². The summed E-state index contributed by atoms with van der Waals surface area (Å²) >= 11 is 1.64. The van der Waals surface area contributed by atoms with Crippen LogP contribution in [0, 0.1) is 5.41 Å². The van der Waals surface area contributed by atoms with Gasteiger partial charge >= 0.3 is 5.97 Å². The molecule has 1 rings (SSSR count). The first kappa shape index (κ1) is 9.86. The zero-order valence-corrected chi connectivity index (χ0v) is 8.49. The Kier molecular flexibility index (Phi) is 2.40. The molecule has 0 aromatic carbocycles. The fourth-order valence-corrected chi connectivity index (χ4v) is 2.78. The van der Waals surface area contributed by atoms with Gasteiger partial charge in [-0.15, -0.1) is 11.8 Å². The Hall–Kier alpha value is -0.220. The zero-order valence-electron chi connectivity index (χ0n) is 7.68. The molecule has 0 bridgehead atoms. The number of carbonyl (C=O) groups is 1. The minimum atomic E-state index is -0.738. The molecule has 2 N–H and O–H groups in total. The van der Waals surface area contributed by atoms with Crippen molar-refractivity contribution in [1.82, 2.24) is 5.32 Å². The second kappa shape index (κ2) is 2.92. The monoisotopic (exact) mass is 189 g/mol. The van der Waals surface area contributed by atoms with E-state index in [-0.39, 0.29) is 5.41 Å². The summed E-state index contributed by atoms with van der Waals surface area (Å²) in [6.45, 7) is 5.88. The highest BCUT2D eigenvalue weighted by Gasteiger charge is 2.50. The number of thioether (sulfide) groups is 1. The Balaban J connectivity index is 2.94. The molecule has 0 saturated carbocycles. The van der Waals surface area contributed by atoms with E-state index in [1.54, 1.807) is 11.8 Å². The molecule has 1 aliphatic rings. The summed E-state index contributed by atoms with van der Waals surface area (Å²) in [4.78, 5) is 11.1. The lowest BCUT2D eigenvalue weighted by atomic mass is 9.75. The standard InChI is InChI=1S/C8H15NO2S/c1-7(2,3)8(6(10)11)4-12-5-9-8/h9H,4-5H2,1-3H3,(H,10,11)/t8-/m0/s1. The molecule has 0 unspecified atom stereocenters. The predicted octanol–water partition coefficient (Wildman–Crippen LogP) is 1.15. The first-order chi connectivity index (χ1) is 5.40. The van der Waals surface area contributed by atoms with Crippen molar-refractivity contribution in [2.75, 3.05) is 11.6 Å². The van der Waals surface area contributed by atoms with Gasteiger partial charge in [0.25, 0.3) is 0 Å². The van der Waals surface area contributed by atoms with Gasteiger partial charge in [-0.3, -0.25) is 10.1 Å². The van der Waals surface area contributed by atoms with E-state index in [9.17, 15) is 4.79 Å². The molecule has 70 valence electrons. The number of carboxylic acid groups (broad SMARTS) is 1. The molecule has 3 nitrogen and oxygen atoms in total. The third-order valence-corrected chi connectivity index (χ3v) is 3.43. The third-order valence-electron chi connectivity index (χ3n) is 2.44. The summed E-state index contributed by atoms with van der Waals surface area (Å²) in [5, 5.41) is 12.2. The summed E-state index contributed by atoms with van der Waals surface area (Å²) < 4.78 is 0. The highest BCUT2D eigenvalue weighted by molar-refractivity contribution is 7.99. The van der Waals surface area contributed by atoms with Crippen molar-refractivity contribution in [3.8, 4) is 0 Å². The first-order valence-electron chi connectivity index (χ1n) is 3.96. The van der Waals surface area contributed by atoms with E-state index in [0.717, 1.165) is 5.88 Å². The number of hydrogen-bond donors (Lipinski definition) is 2. The van der Waals surface area contributed by atoms with Crippen LogP contribution in [0.4, 0.5) is 0 Å². The lowest BCUT2D eigenvalue weighted by Crippen LogP contribution is -2.59. The molecule has 0 aromatic heterocycles. The van der Waals surface area contributed by atoms with E-state index in [1.165, 1.54) is 0 Å². The van der Waals surface area contributed by atoms with Crippen molar-refractivity contribution in [2.45, 2.75) is 26.3 Å². The van der Waals surface area contributed by atoms with Gasteiger partial charge in [-0.1, -0.05) is 20.8 Å². The molecule has 1 saturated heterocycles. The quantitative estimate of drug-likeness (QED) is 0.649. The summed E-state index contributed by atoms with van der Waals surface area (Å²) in [6.07, 6.45) is 0. The molecule has 0 aliphatic carbocycles. The normalized spacial score (nSPS) is 30.6. The number of rotatable bonds is 1. The fourth-order valence-electron chi connectivity index (χ4n) is 1.37. The molecule has 0 radical (unpaired) electrons. The van der Waals surface area contributed by atoms with Gasteiger partial charge in [0.1, 0.15) is 5.54 Å². The molecule has 1 heterocycles. The van der Waals surface area contributed by atoms with Gasteiger partial charge in [-0.25, -0.2) is 0 Å². The molecule has 12 heavy (non-hydrogen) atoms. The largest absolute Gasteiger partial charge is 0.480 e. The molecule has 0 spiro atoms. The van der Waals surface area contributed by atoms with Gasteiger partial charge < -0.3 is 5.11 Å². The van der Waals surface area contributed by atoms with Gasteiger partial charge in [0.15, 0.2) is 0 Å². The molecule has 1 aliphatic heterocycles. The molecule has 4 heteroatoms. The third kappa shape index (κ3) is 1.33. The van der Waals surface area contributed by atoms with Gasteiger partial charge in [0.2, 0.25) is 0 Å². The van der Waals surface area contributed by atoms with Crippen LogP contribution >= 0.6 is 11.8 Å².